The monoisotopic (exact) mass is 456 g/mol. The van der Waals surface area contributed by atoms with Gasteiger partial charge in [0.15, 0.2) is 12.4 Å². The van der Waals surface area contributed by atoms with Gasteiger partial charge in [0, 0.05) is 5.69 Å². The maximum Gasteiger partial charge on any atom is 0.355 e. The Morgan fingerprint density at radius 2 is 1.91 bits per heavy atom. The standard InChI is InChI=1S/C22H24N4O7/c1-5-13-19(21(28)31-4)12(2)20(24-13)22(29)32-11-18-25-16(26-33-18)10-17(27)23-14-8-6-7-9-15(14)30-3/h6-9,24H,5,10-11H2,1-4H3,(H,23,27). The molecule has 3 rings (SSSR count). The molecule has 3 aromatic rings. The molecule has 0 aliphatic rings. The van der Waals surface area contributed by atoms with Gasteiger partial charge < -0.3 is 29.0 Å². The van der Waals surface area contributed by atoms with Crippen molar-refractivity contribution in [2.24, 2.45) is 0 Å². The molecule has 0 aliphatic carbocycles. The van der Waals surface area contributed by atoms with Crippen molar-refractivity contribution in [2.75, 3.05) is 19.5 Å². The van der Waals surface area contributed by atoms with Gasteiger partial charge in [0.1, 0.15) is 11.4 Å². The van der Waals surface area contributed by atoms with Crippen LogP contribution in [-0.4, -0.2) is 47.2 Å². The molecule has 2 heterocycles. The van der Waals surface area contributed by atoms with Gasteiger partial charge in [-0.25, -0.2) is 9.59 Å². The Labute approximate surface area is 189 Å². The topological polar surface area (TPSA) is 146 Å². The Balaban J connectivity index is 1.60. The highest BCUT2D eigenvalue weighted by atomic mass is 16.6. The van der Waals surface area contributed by atoms with Gasteiger partial charge in [-0.1, -0.05) is 24.2 Å². The molecule has 0 saturated carbocycles. The summed E-state index contributed by atoms with van der Waals surface area (Å²) in [6.07, 6.45) is 0.357. The highest BCUT2D eigenvalue weighted by Crippen LogP contribution is 2.23. The van der Waals surface area contributed by atoms with Crippen molar-refractivity contribution in [1.29, 1.82) is 0 Å². The number of H-pyrrole nitrogens is 1. The van der Waals surface area contributed by atoms with Crippen LogP contribution >= 0.6 is 0 Å². The maximum atomic E-state index is 12.5. The SMILES string of the molecule is CCc1[nH]c(C(=O)OCc2nc(CC(=O)Nc3ccccc3OC)no2)c(C)c1C(=O)OC. The predicted molar refractivity (Wildman–Crippen MR) is 115 cm³/mol. The summed E-state index contributed by atoms with van der Waals surface area (Å²) in [6.45, 7) is 3.17. The van der Waals surface area contributed by atoms with Crippen molar-refractivity contribution < 1.29 is 33.1 Å². The molecule has 0 bridgehead atoms. The summed E-state index contributed by atoms with van der Waals surface area (Å²) in [5.74, 6) is -0.915. The summed E-state index contributed by atoms with van der Waals surface area (Å²) < 4.78 is 20.3. The number of benzene rings is 1. The minimum atomic E-state index is -0.689. The van der Waals surface area contributed by atoms with Crippen molar-refractivity contribution in [1.82, 2.24) is 15.1 Å². The molecular formula is C22H24N4O7. The molecule has 0 fully saturated rings. The van der Waals surface area contributed by atoms with Gasteiger partial charge in [0.25, 0.3) is 5.89 Å². The summed E-state index contributed by atoms with van der Waals surface area (Å²) in [4.78, 5) is 43.8. The largest absolute Gasteiger partial charge is 0.495 e. The van der Waals surface area contributed by atoms with E-state index in [0.717, 1.165) is 0 Å². The number of aromatic amines is 1. The van der Waals surface area contributed by atoms with Crippen molar-refractivity contribution in [3.63, 3.8) is 0 Å². The number of esters is 2. The molecule has 0 radical (unpaired) electrons. The Morgan fingerprint density at radius 3 is 2.61 bits per heavy atom. The summed E-state index contributed by atoms with van der Waals surface area (Å²) >= 11 is 0. The maximum absolute atomic E-state index is 12.5. The number of hydrogen-bond acceptors (Lipinski definition) is 9. The number of aromatic nitrogens is 3. The lowest BCUT2D eigenvalue weighted by molar-refractivity contribution is -0.115. The van der Waals surface area contributed by atoms with E-state index < -0.39 is 11.9 Å². The lowest BCUT2D eigenvalue weighted by atomic mass is 10.1. The second kappa shape index (κ2) is 10.4. The number of anilines is 1. The van der Waals surface area contributed by atoms with Crippen molar-refractivity contribution in [3.05, 3.63) is 58.5 Å². The molecule has 174 valence electrons. The van der Waals surface area contributed by atoms with E-state index in [0.29, 0.717) is 34.7 Å². The van der Waals surface area contributed by atoms with E-state index in [4.69, 9.17) is 18.7 Å². The van der Waals surface area contributed by atoms with Crippen LogP contribution in [0.25, 0.3) is 0 Å². The van der Waals surface area contributed by atoms with E-state index in [1.165, 1.54) is 14.2 Å². The Bertz CT molecular complexity index is 1170. The van der Waals surface area contributed by atoms with Crippen molar-refractivity contribution in [3.8, 4) is 5.75 Å². The summed E-state index contributed by atoms with van der Waals surface area (Å²) in [5, 5.41) is 6.45. The number of carbonyl (C=O) groups excluding carboxylic acids is 3. The van der Waals surface area contributed by atoms with Crippen LogP contribution in [0.2, 0.25) is 0 Å². The predicted octanol–water partition coefficient (Wildman–Crippen LogP) is 2.60. The van der Waals surface area contributed by atoms with Crippen LogP contribution in [0, 0.1) is 6.92 Å². The number of ether oxygens (including phenoxy) is 3. The van der Waals surface area contributed by atoms with E-state index >= 15 is 0 Å². The van der Waals surface area contributed by atoms with Crippen molar-refractivity contribution >= 4 is 23.5 Å². The first-order chi connectivity index (χ1) is 15.9. The number of hydrogen-bond donors (Lipinski definition) is 2. The first-order valence-electron chi connectivity index (χ1n) is 10.1. The molecule has 2 aromatic heterocycles. The fourth-order valence-corrected chi connectivity index (χ4v) is 3.21. The van der Waals surface area contributed by atoms with Gasteiger partial charge in [0.2, 0.25) is 5.91 Å². The van der Waals surface area contributed by atoms with Gasteiger partial charge in [-0.2, -0.15) is 4.98 Å². The van der Waals surface area contributed by atoms with Crippen LogP contribution in [0.1, 0.15) is 50.7 Å². The van der Waals surface area contributed by atoms with Crippen LogP contribution in [-0.2, 0) is 33.7 Å². The highest BCUT2D eigenvalue weighted by molar-refractivity contribution is 5.98. The zero-order valence-electron chi connectivity index (χ0n) is 18.7. The number of aryl methyl sites for hydroxylation is 1. The van der Waals surface area contributed by atoms with Crippen LogP contribution in [0.4, 0.5) is 5.69 Å². The number of amides is 1. The number of methoxy groups -OCH3 is 2. The summed E-state index contributed by atoms with van der Waals surface area (Å²) in [7, 11) is 2.78. The van der Waals surface area contributed by atoms with E-state index in [2.05, 4.69) is 20.4 Å². The average molecular weight is 456 g/mol. The minimum absolute atomic E-state index is 0.0246. The molecule has 1 aromatic carbocycles. The van der Waals surface area contributed by atoms with Crippen LogP contribution in [0.5, 0.6) is 5.75 Å². The third-order valence-electron chi connectivity index (χ3n) is 4.81. The lowest BCUT2D eigenvalue weighted by Gasteiger charge is -2.08. The van der Waals surface area contributed by atoms with Gasteiger partial charge in [-0.05, 0) is 31.0 Å². The number of rotatable bonds is 9. The summed E-state index contributed by atoms with van der Waals surface area (Å²) in [5.41, 5.74) is 1.98. The first-order valence-corrected chi connectivity index (χ1v) is 10.1. The van der Waals surface area contributed by atoms with E-state index in [9.17, 15) is 14.4 Å². The Hall–Kier alpha value is -4.15. The minimum Gasteiger partial charge on any atom is -0.495 e. The fourth-order valence-electron chi connectivity index (χ4n) is 3.21. The van der Waals surface area contributed by atoms with Gasteiger partial charge >= 0.3 is 11.9 Å². The first kappa shape index (κ1) is 23.5. The lowest BCUT2D eigenvalue weighted by Crippen LogP contribution is -2.15. The second-order valence-corrected chi connectivity index (χ2v) is 6.93. The Kier molecular flexibility index (Phi) is 7.44. The molecule has 1 amide bonds. The van der Waals surface area contributed by atoms with E-state index in [1.54, 1.807) is 31.2 Å². The molecule has 11 nitrogen and oxygen atoms in total. The molecule has 0 atom stereocenters. The van der Waals surface area contributed by atoms with Gasteiger partial charge in [0.05, 0.1) is 31.9 Å². The zero-order valence-corrected chi connectivity index (χ0v) is 18.7. The van der Waals surface area contributed by atoms with Gasteiger partial charge in [-0.15, -0.1) is 0 Å². The van der Waals surface area contributed by atoms with Gasteiger partial charge in [-0.3, -0.25) is 4.79 Å². The number of nitrogens with zero attached hydrogens (tertiary/aromatic N) is 2. The number of nitrogens with one attached hydrogen (secondary N) is 2. The quantitative estimate of drug-likeness (QED) is 0.464. The third kappa shape index (κ3) is 5.37. The average Bonchev–Trinajstić information content (AvgIpc) is 3.40. The molecular weight excluding hydrogens is 432 g/mol. The Morgan fingerprint density at radius 1 is 1.15 bits per heavy atom. The zero-order chi connectivity index (χ0) is 24.0. The summed E-state index contributed by atoms with van der Waals surface area (Å²) in [6, 6.07) is 6.98. The highest BCUT2D eigenvalue weighted by Gasteiger charge is 2.25. The third-order valence-corrected chi connectivity index (χ3v) is 4.81. The molecule has 0 unspecified atom stereocenters. The second-order valence-electron chi connectivity index (χ2n) is 6.93. The molecule has 0 aliphatic heterocycles. The number of carbonyl (C=O) groups is 3. The molecule has 11 heteroatoms. The normalized spacial score (nSPS) is 10.5. The molecule has 2 N–H and O–H groups in total. The fraction of sp³-hybridized carbons (Fsp3) is 0.318. The van der Waals surface area contributed by atoms with E-state index in [1.807, 2.05) is 6.92 Å². The van der Waals surface area contributed by atoms with Crippen LogP contribution in [0.15, 0.2) is 28.8 Å². The molecule has 33 heavy (non-hydrogen) atoms. The van der Waals surface area contributed by atoms with E-state index in [-0.39, 0.29) is 36.3 Å². The number of para-hydroxylation sites is 2. The van der Waals surface area contributed by atoms with Crippen LogP contribution in [0.3, 0.4) is 0 Å². The molecule has 0 saturated heterocycles. The smallest absolute Gasteiger partial charge is 0.355 e. The molecule has 0 spiro atoms. The van der Waals surface area contributed by atoms with Crippen LogP contribution < -0.4 is 10.1 Å². The van der Waals surface area contributed by atoms with Crippen molar-refractivity contribution in [2.45, 2.75) is 33.3 Å².